The number of carbonyl (C=O) groups excluding carboxylic acids is 1. The van der Waals surface area contributed by atoms with Gasteiger partial charge in [-0.3, -0.25) is 4.79 Å². The predicted octanol–water partition coefficient (Wildman–Crippen LogP) is 6.81. The zero-order valence-electron chi connectivity index (χ0n) is 23.7. The van der Waals surface area contributed by atoms with E-state index in [1.54, 1.807) is 18.1 Å². The summed E-state index contributed by atoms with van der Waals surface area (Å²) < 4.78 is 5.83. The summed E-state index contributed by atoms with van der Waals surface area (Å²) in [5.41, 5.74) is 11.2. The first-order valence-electron chi connectivity index (χ1n) is 14.3. The van der Waals surface area contributed by atoms with Crippen LogP contribution >= 0.6 is 0 Å². The standard InChI is InChI=1S/C31H49NO4/c1-19(9-8-10-20(2)27(34)35)22-13-17-30(7)24-11-12-25-28(4,5)26(36-21(3)33)15-16-29(25,6)23(24)14-18-31(22,30)32/h10,19,22,25-26H,8-9,11-18,32H2,1-7H3,(H,34,35)/b20-10-/t19?,22-,25?,26-,29+,30+,31+/m0/s1. The van der Waals surface area contributed by atoms with Gasteiger partial charge in [0.1, 0.15) is 6.10 Å². The van der Waals surface area contributed by atoms with Gasteiger partial charge in [0.2, 0.25) is 0 Å². The Morgan fingerprint density at radius 3 is 2.39 bits per heavy atom. The molecule has 4 aliphatic rings. The Morgan fingerprint density at radius 2 is 1.75 bits per heavy atom. The summed E-state index contributed by atoms with van der Waals surface area (Å²) in [4.78, 5) is 23.0. The third kappa shape index (κ3) is 4.08. The highest BCUT2D eigenvalue weighted by molar-refractivity contribution is 5.85. The van der Waals surface area contributed by atoms with Gasteiger partial charge in [-0.25, -0.2) is 4.79 Å². The molecule has 0 spiro atoms. The van der Waals surface area contributed by atoms with Crippen molar-refractivity contribution in [2.75, 3.05) is 0 Å². The van der Waals surface area contributed by atoms with Crippen molar-refractivity contribution in [1.29, 1.82) is 0 Å². The minimum atomic E-state index is -0.827. The molecule has 5 nitrogen and oxygen atoms in total. The normalized spacial score (nSPS) is 40.7. The van der Waals surface area contributed by atoms with Gasteiger partial charge in [0.15, 0.2) is 0 Å². The van der Waals surface area contributed by atoms with Gasteiger partial charge in [-0.1, -0.05) is 51.8 Å². The molecule has 2 saturated carbocycles. The first kappa shape index (κ1) is 27.4. The number of hydrogen-bond acceptors (Lipinski definition) is 4. The largest absolute Gasteiger partial charge is 0.478 e. The number of esters is 1. The van der Waals surface area contributed by atoms with Crippen LogP contribution in [-0.2, 0) is 14.3 Å². The Morgan fingerprint density at radius 1 is 1.06 bits per heavy atom. The van der Waals surface area contributed by atoms with Crippen molar-refractivity contribution in [3.63, 3.8) is 0 Å². The fraction of sp³-hybridized carbons (Fsp3) is 0.806. The van der Waals surface area contributed by atoms with Crippen LogP contribution in [0.1, 0.15) is 113 Å². The molecule has 4 aliphatic carbocycles. The predicted molar refractivity (Wildman–Crippen MR) is 143 cm³/mol. The fourth-order valence-corrected chi connectivity index (χ4v) is 9.53. The third-order valence-electron chi connectivity index (χ3n) is 11.7. The number of hydrogen-bond donors (Lipinski definition) is 2. The number of allylic oxidation sites excluding steroid dienone is 2. The molecule has 3 N–H and O–H groups in total. The van der Waals surface area contributed by atoms with E-state index < -0.39 is 5.97 Å². The van der Waals surface area contributed by atoms with Crippen LogP contribution in [0.25, 0.3) is 0 Å². The molecule has 0 radical (unpaired) electrons. The maximum absolute atomic E-state index is 11.8. The maximum Gasteiger partial charge on any atom is 0.330 e. The van der Waals surface area contributed by atoms with Gasteiger partial charge in [-0.2, -0.15) is 0 Å². The van der Waals surface area contributed by atoms with Gasteiger partial charge in [-0.05, 0) is 94.3 Å². The van der Waals surface area contributed by atoms with E-state index in [0.717, 1.165) is 64.2 Å². The molecule has 2 fully saturated rings. The number of ether oxygens (including phenoxy) is 1. The molecule has 0 bridgehead atoms. The van der Waals surface area contributed by atoms with Crippen LogP contribution in [0.4, 0.5) is 0 Å². The molecule has 2 unspecified atom stereocenters. The highest BCUT2D eigenvalue weighted by Gasteiger charge is 2.64. The summed E-state index contributed by atoms with van der Waals surface area (Å²) in [7, 11) is 0. The Labute approximate surface area is 218 Å². The fourth-order valence-electron chi connectivity index (χ4n) is 9.53. The number of carboxylic acid groups (broad SMARTS) is 1. The molecular formula is C31H49NO4. The van der Waals surface area contributed by atoms with Gasteiger partial charge < -0.3 is 15.6 Å². The summed E-state index contributed by atoms with van der Waals surface area (Å²) in [6, 6.07) is 0. The molecule has 0 saturated heterocycles. The van der Waals surface area contributed by atoms with Gasteiger partial charge in [0.05, 0.1) is 0 Å². The van der Waals surface area contributed by atoms with E-state index >= 15 is 0 Å². The Kier molecular flexibility index (Phi) is 7.07. The van der Waals surface area contributed by atoms with E-state index in [1.807, 2.05) is 6.08 Å². The highest BCUT2D eigenvalue weighted by Crippen LogP contribution is 2.69. The van der Waals surface area contributed by atoms with Crippen LogP contribution in [0.2, 0.25) is 0 Å². The molecule has 0 aliphatic heterocycles. The lowest BCUT2D eigenvalue weighted by Crippen LogP contribution is -2.61. The number of rotatable bonds is 6. The zero-order chi connectivity index (χ0) is 26.7. The first-order chi connectivity index (χ1) is 16.7. The number of carboxylic acids is 1. The quantitative estimate of drug-likeness (QED) is 0.238. The van der Waals surface area contributed by atoms with Gasteiger partial charge in [0.25, 0.3) is 0 Å². The van der Waals surface area contributed by atoms with Gasteiger partial charge in [0, 0.05) is 28.9 Å². The highest BCUT2D eigenvalue weighted by atomic mass is 16.5. The minimum Gasteiger partial charge on any atom is -0.478 e. The molecule has 0 aromatic carbocycles. The second-order valence-electron chi connectivity index (χ2n) is 13.7. The average molecular weight is 500 g/mol. The van der Waals surface area contributed by atoms with E-state index in [2.05, 4.69) is 34.6 Å². The molecule has 0 aromatic heterocycles. The molecule has 0 amide bonds. The van der Waals surface area contributed by atoms with Crippen LogP contribution < -0.4 is 5.73 Å². The molecular weight excluding hydrogens is 450 g/mol. The Hall–Kier alpha value is -1.62. The molecule has 7 atom stereocenters. The van der Waals surface area contributed by atoms with E-state index in [9.17, 15) is 14.7 Å². The van der Waals surface area contributed by atoms with Crippen molar-refractivity contribution in [3.8, 4) is 0 Å². The Balaban J connectivity index is 1.59. The van der Waals surface area contributed by atoms with Crippen LogP contribution in [0, 0.1) is 34.0 Å². The molecule has 202 valence electrons. The van der Waals surface area contributed by atoms with Crippen molar-refractivity contribution in [2.45, 2.75) is 124 Å². The zero-order valence-corrected chi connectivity index (χ0v) is 23.7. The topological polar surface area (TPSA) is 89.6 Å². The summed E-state index contributed by atoms with van der Waals surface area (Å²) in [6.45, 7) is 15.1. The van der Waals surface area contributed by atoms with Crippen LogP contribution in [-0.4, -0.2) is 28.7 Å². The van der Waals surface area contributed by atoms with E-state index in [-0.39, 0.29) is 33.9 Å². The van der Waals surface area contributed by atoms with E-state index in [0.29, 0.717) is 23.3 Å². The number of aliphatic carboxylic acids is 1. The second kappa shape index (κ2) is 9.29. The number of nitrogens with two attached hydrogens (primary N) is 1. The smallest absolute Gasteiger partial charge is 0.330 e. The molecule has 4 rings (SSSR count). The van der Waals surface area contributed by atoms with E-state index in [4.69, 9.17) is 10.5 Å². The monoisotopic (exact) mass is 499 g/mol. The van der Waals surface area contributed by atoms with Crippen molar-refractivity contribution in [1.82, 2.24) is 0 Å². The first-order valence-corrected chi connectivity index (χ1v) is 14.3. The second-order valence-corrected chi connectivity index (χ2v) is 13.7. The lowest BCUT2D eigenvalue weighted by Gasteiger charge is -2.62. The summed E-state index contributed by atoms with van der Waals surface area (Å²) in [6.07, 6.45) is 12.4. The SMILES string of the molecule is CC(=O)O[C@H]1CC[C@]2(C)C3=C(CCC2C1(C)C)[C@@]1(C)CC[C@@H](C(C)CC/C=C(/C)C(=O)O)[C@]1(N)CC3. The average Bonchev–Trinajstić information content (AvgIpc) is 3.07. The van der Waals surface area contributed by atoms with Crippen molar-refractivity contribution >= 4 is 11.9 Å². The van der Waals surface area contributed by atoms with Crippen molar-refractivity contribution in [2.24, 2.45) is 39.7 Å². The molecule has 36 heavy (non-hydrogen) atoms. The lowest BCUT2D eigenvalue weighted by molar-refractivity contribution is -0.167. The van der Waals surface area contributed by atoms with Crippen LogP contribution in [0.5, 0.6) is 0 Å². The molecule has 0 heterocycles. The summed E-state index contributed by atoms with van der Waals surface area (Å²) in [5, 5.41) is 9.17. The van der Waals surface area contributed by atoms with Crippen LogP contribution in [0.15, 0.2) is 22.8 Å². The Bertz CT molecular complexity index is 979. The number of carbonyl (C=O) groups is 2. The molecule has 5 heteroatoms. The van der Waals surface area contributed by atoms with Gasteiger partial charge >= 0.3 is 11.9 Å². The number of fused-ring (bicyclic) bond motifs is 4. The summed E-state index contributed by atoms with van der Waals surface area (Å²) in [5.74, 6) is 0.465. The lowest BCUT2D eigenvalue weighted by atomic mass is 9.44. The minimum absolute atomic E-state index is 0.00137. The van der Waals surface area contributed by atoms with Crippen molar-refractivity contribution in [3.05, 3.63) is 22.8 Å². The summed E-state index contributed by atoms with van der Waals surface area (Å²) >= 11 is 0. The van der Waals surface area contributed by atoms with Crippen molar-refractivity contribution < 1.29 is 19.4 Å². The van der Waals surface area contributed by atoms with Gasteiger partial charge in [-0.15, -0.1) is 0 Å². The molecule has 0 aromatic rings. The third-order valence-corrected chi connectivity index (χ3v) is 11.7. The van der Waals surface area contributed by atoms with Crippen LogP contribution in [0.3, 0.4) is 0 Å². The van der Waals surface area contributed by atoms with E-state index in [1.165, 1.54) is 6.92 Å². The maximum atomic E-state index is 11.8.